The number of phenols is 1. The Labute approximate surface area is 95.8 Å². The van der Waals surface area contributed by atoms with Gasteiger partial charge in [0.2, 0.25) is 0 Å². The molecule has 0 spiro atoms. The molecule has 2 rings (SSSR count). The minimum absolute atomic E-state index is 0.220. The number of piperazine rings is 1. The average Bonchev–Trinajstić information content (AvgIpc) is 2.33. The van der Waals surface area contributed by atoms with Gasteiger partial charge in [-0.05, 0) is 19.1 Å². The zero-order valence-electron chi connectivity index (χ0n) is 9.57. The molecule has 1 aliphatic heterocycles. The Bertz CT molecular complexity index is 349. The zero-order chi connectivity index (χ0) is 11.4. The van der Waals surface area contributed by atoms with E-state index in [2.05, 4.69) is 10.2 Å². The van der Waals surface area contributed by atoms with Gasteiger partial charge in [-0.1, -0.05) is 0 Å². The fraction of sp³-hybridized carbons (Fsp3) is 0.500. The van der Waals surface area contributed by atoms with Crippen molar-refractivity contribution in [2.75, 3.05) is 37.7 Å². The van der Waals surface area contributed by atoms with Crippen LogP contribution in [0.1, 0.15) is 6.92 Å². The summed E-state index contributed by atoms with van der Waals surface area (Å²) >= 11 is 0. The van der Waals surface area contributed by atoms with E-state index in [-0.39, 0.29) is 5.75 Å². The Morgan fingerprint density at radius 1 is 1.38 bits per heavy atom. The van der Waals surface area contributed by atoms with E-state index < -0.39 is 0 Å². The van der Waals surface area contributed by atoms with Gasteiger partial charge in [0.1, 0.15) is 0 Å². The molecule has 1 aliphatic rings. The molecule has 0 unspecified atom stereocenters. The fourth-order valence-corrected chi connectivity index (χ4v) is 1.90. The maximum atomic E-state index is 9.79. The van der Waals surface area contributed by atoms with Crippen LogP contribution >= 0.6 is 0 Å². The molecule has 0 bridgehead atoms. The maximum absolute atomic E-state index is 9.79. The summed E-state index contributed by atoms with van der Waals surface area (Å²) in [6, 6.07) is 5.60. The largest absolute Gasteiger partial charge is 0.504 e. The molecule has 4 nitrogen and oxygen atoms in total. The van der Waals surface area contributed by atoms with Crippen molar-refractivity contribution in [2.24, 2.45) is 0 Å². The van der Waals surface area contributed by atoms with Crippen LogP contribution in [0.4, 0.5) is 5.69 Å². The molecule has 88 valence electrons. The summed E-state index contributed by atoms with van der Waals surface area (Å²) in [7, 11) is 0. The van der Waals surface area contributed by atoms with Crippen molar-refractivity contribution in [3.8, 4) is 11.5 Å². The summed E-state index contributed by atoms with van der Waals surface area (Å²) in [5.74, 6) is 0.777. The summed E-state index contributed by atoms with van der Waals surface area (Å²) in [5, 5.41) is 13.1. The highest BCUT2D eigenvalue weighted by molar-refractivity contribution is 5.56. The molecule has 0 saturated carbocycles. The molecule has 0 aromatic heterocycles. The minimum Gasteiger partial charge on any atom is -0.504 e. The number of ether oxygens (including phenoxy) is 1. The van der Waals surface area contributed by atoms with E-state index in [1.54, 1.807) is 6.07 Å². The number of phenolic OH excluding ortho intramolecular Hbond substituents is 1. The topological polar surface area (TPSA) is 44.7 Å². The van der Waals surface area contributed by atoms with Crippen LogP contribution in [0.2, 0.25) is 0 Å². The molecular weight excluding hydrogens is 204 g/mol. The van der Waals surface area contributed by atoms with Gasteiger partial charge in [-0.15, -0.1) is 0 Å². The third-order valence-electron chi connectivity index (χ3n) is 2.72. The lowest BCUT2D eigenvalue weighted by molar-refractivity contribution is 0.318. The number of nitrogens with one attached hydrogen (secondary N) is 1. The third-order valence-corrected chi connectivity index (χ3v) is 2.72. The average molecular weight is 222 g/mol. The Morgan fingerprint density at radius 2 is 2.12 bits per heavy atom. The lowest BCUT2D eigenvalue weighted by atomic mass is 10.2. The van der Waals surface area contributed by atoms with Crippen molar-refractivity contribution in [3.05, 3.63) is 18.2 Å². The number of benzene rings is 1. The van der Waals surface area contributed by atoms with Crippen molar-refractivity contribution in [2.45, 2.75) is 6.92 Å². The second-order valence-electron chi connectivity index (χ2n) is 3.82. The highest BCUT2D eigenvalue weighted by atomic mass is 16.5. The van der Waals surface area contributed by atoms with Crippen molar-refractivity contribution < 1.29 is 9.84 Å². The molecule has 16 heavy (non-hydrogen) atoms. The number of hydrogen-bond acceptors (Lipinski definition) is 4. The number of rotatable bonds is 3. The molecule has 1 aromatic rings. The van der Waals surface area contributed by atoms with Gasteiger partial charge in [-0.25, -0.2) is 0 Å². The summed E-state index contributed by atoms with van der Waals surface area (Å²) in [5.41, 5.74) is 1.06. The molecule has 1 heterocycles. The second-order valence-corrected chi connectivity index (χ2v) is 3.82. The Kier molecular flexibility index (Phi) is 3.51. The lowest BCUT2D eigenvalue weighted by Crippen LogP contribution is -2.43. The van der Waals surface area contributed by atoms with E-state index in [1.165, 1.54) is 0 Å². The van der Waals surface area contributed by atoms with E-state index in [4.69, 9.17) is 4.74 Å². The molecule has 1 aromatic carbocycles. The Hall–Kier alpha value is -1.42. The molecule has 4 heteroatoms. The summed E-state index contributed by atoms with van der Waals surface area (Å²) in [6.07, 6.45) is 0. The highest BCUT2D eigenvalue weighted by Gasteiger charge is 2.12. The second kappa shape index (κ2) is 5.07. The first-order chi connectivity index (χ1) is 7.81. The monoisotopic (exact) mass is 222 g/mol. The Balaban J connectivity index is 2.13. The van der Waals surface area contributed by atoms with Crippen molar-refractivity contribution in [1.82, 2.24) is 5.32 Å². The number of hydrogen-bond donors (Lipinski definition) is 2. The zero-order valence-corrected chi connectivity index (χ0v) is 9.57. The van der Waals surface area contributed by atoms with Crippen LogP contribution in [0.3, 0.4) is 0 Å². The SMILES string of the molecule is CCOc1ccc(N2CCNCC2)cc1O. The van der Waals surface area contributed by atoms with E-state index >= 15 is 0 Å². The van der Waals surface area contributed by atoms with Crippen molar-refractivity contribution >= 4 is 5.69 Å². The predicted octanol–water partition coefficient (Wildman–Crippen LogP) is 1.20. The lowest BCUT2D eigenvalue weighted by Gasteiger charge is -2.29. The van der Waals surface area contributed by atoms with Crippen LogP contribution < -0.4 is 15.0 Å². The summed E-state index contributed by atoms with van der Waals surface area (Å²) in [6.45, 7) is 6.42. The summed E-state index contributed by atoms with van der Waals surface area (Å²) < 4.78 is 5.30. The molecular formula is C12H18N2O2. The van der Waals surface area contributed by atoms with Crippen LogP contribution in [-0.4, -0.2) is 37.9 Å². The van der Waals surface area contributed by atoms with Crippen LogP contribution in [-0.2, 0) is 0 Å². The Morgan fingerprint density at radius 3 is 2.75 bits per heavy atom. The van der Waals surface area contributed by atoms with Crippen molar-refractivity contribution in [3.63, 3.8) is 0 Å². The molecule has 1 fully saturated rings. The highest BCUT2D eigenvalue weighted by Crippen LogP contribution is 2.30. The molecule has 0 radical (unpaired) electrons. The smallest absolute Gasteiger partial charge is 0.161 e. The first kappa shape index (κ1) is 11.1. The number of nitrogens with zero attached hydrogens (tertiary/aromatic N) is 1. The van der Waals surface area contributed by atoms with Gasteiger partial charge in [0.15, 0.2) is 11.5 Å². The van der Waals surface area contributed by atoms with Crippen LogP contribution in [0, 0.1) is 0 Å². The van der Waals surface area contributed by atoms with Gasteiger partial charge in [0.05, 0.1) is 6.61 Å². The summed E-state index contributed by atoms with van der Waals surface area (Å²) in [4.78, 5) is 2.26. The normalized spacial score (nSPS) is 16.2. The van der Waals surface area contributed by atoms with Gasteiger partial charge in [-0.3, -0.25) is 0 Å². The van der Waals surface area contributed by atoms with Crippen LogP contribution in [0.15, 0.2) is 18.2 Å². The maximum Gasteiger partial charge on any atom is 0.161 e. The van der Waals surface area contributed by atoms with E-state index in [1.807, 2.05) is 19.1 Å². The molecule has 0 aliphatic carbocycles. The van der Waals surface area contributed by atoms with E-state index in [0.717, 1.165) is 31.9 Å². The fourth-order valence-electron chi connectivity index (χ4n) is 1.90. The van der Waals surface area contributed by atoms with Gasteiger partial charge >= 0.3 is 0 Å². The molecule has 0 atom stereocenters. The third kappa shape index (κ3) is 2.39. The minimum atomic E-state index is 0.220. The molecule has 0 amide bonds. The number of aromatic hydroxyl groups is 1. The quantitative estimate of drug-likeness (QED) is 0.806. The van der Waals surface area contributed by atoms with Crippen LogP contribution in [0.25, 0.3) is 0 Å². The van der Waals surface area contributed by atoms with Gasteiger partial charge in [0, 0.05) is 37.9 Å². The van der Waals surface area contributed by atoms with Gasteiger partial charge in [-0.2, -0.15) is 0 Å². The standard InChI is InChI=1S/C12H18N2O2/c1-2-16-12-4-3-10(9-11(12)15)14-7-5-13-6-8-14/h3-4,9,13,15H,2,5-8H2,1H3. The van der Waals surface area contributed by atoms with E-state index in [0.29, 0.717) is 12.4 Å². The first-order valence-electron chi connectivity index (χ1n) is 5.72. The molecule has 1 saturated heterocycles. The first-order valence-corrected chi connectivity index (χ1v) is 5.72. The van der Waals surface area contributed by atoms with Crippen molar-refractivity contribution in [1.29, 1.82) is 0 Å². The van der Waals surface area contributed by atoms with E-state index in [9.17, 15) is 5.11 Å². The number of anilines is 1. The predicted molar refractivity (Wildman–Crippen MR) is 64.4 cm³/mol. The van der Waals surface area contributed by atoms with Crippen LogP contribution in [0.5, 0.6) is 11.5 Å². The van der Waals surface area contributed by atoms with Gasteiger partial charge in [0.25, 0.3) is 0 Å². The molecule has 2 N–H and O–H groups in total. The van der Waals surface area contributed by atoms with Gasteiger partial charge < -0.3 is 20.1 Å².